The van der Waals surface area contributed by atoms with Crippen LogP contribution in [0.25, 0.3) is 10.9 Å². The Morgan fingerprint density at radius 2 is 1.65 bits per heavy atom. The number of carbonyl (C=O) groups excluding carboxylic acids is 3. The molecule has 10 N–H and O–H groups in total. The van der Waals surface area contributed by atoms with Gasteiger partial charge in [-0.2, -0.15) is 0 Å². The molecule has 2 aromatic carbocycles. The Balaban J connectivity index is 1.89. The third kappa shape index (κ3) is 8.21. The summed E-state index contributed by atoms with van der Waals surface area (Å²) >= 11 is 0. The molecule has 0 aliphatic carbocycles. The Kier molecular flexibility index (Phi) is 10.1. The van der Waals surface area contributed by atoms with Crippen LogP contribution in [0.1, 0.15) is 29.5 Å². The summed E-state index contributed by atoms with van der Waals surface area (Å²) in [5.74, 6) is -2.25. The number of aromatic nitrogens is 1. The number of hydrogen-bond acceptors (Lipinski definition) is 5. The summed E-state index contributed by atoms with van der Waals surface area (Å²) < 4.78 is 1.57. The number of nitrogens with two attached hydrogens (primary N) is 3. The van der Waals surface area contributed by atoms with Gasteiger partial charge in [-0.05, 0) is 35.6 Å². The van der Waals surface area contributed by atoms with Gasteiger partial charge in [-0.1, -0.05) is 42.5 Å². The van der Waals surface area contributed by atoms with Gasteiger partial charge in [-0.3, -0.25) is 19.8 Å². The van der Waals surface area contributed by atoms with Crippen molar-refractivity contribution in [3.05, 3.63) is 71.4 Å². The maximum absolute atomic E-state index is 13.8. The Bertz CT molecular complexity index is 1390. The third-order valence-electron chi connectivity index (χ3n) is 6.36. The Morgan fingerprint density at radius 1 is 0.975 bits per heavy atom. The number of guanidine groups is 1. The van der Waals surface area contributed by atoms with E-state index in [0.29, 0.717) is 24.0 Å². The lowest BCUT2D eigenvalue weighted by Gasteiger charge is -2.30. The molecule has 212 valence electrons. The van der Waals surface area contributed by atoms with Crippen LogP contribution in [-0.4, -0.2) is 56.9 Å². The first-order valence-corrected chi connectivity index (χ1v) is 12.6. The first-order chi connectivity index (χ1) is 19.0. The fourth-order valence-electron chi connectivity index (χ4n) is 4.50. The molecule has 0 aliphatic rings. The molecule has 0 spiro atoms. The molecule has 4 amide bonds. The minimum absolute atomic E-state index is 0.0801. The number of rotatable bonds is 14. The number of nitrogens with zero attached hydrogens (tertiary/aromatic N) is 2. The van der Waals surface area contributed by atoms with Crippen molar-refractivity contribution in [1.29, 1.82) is 5.41 Å². The molecule has 13 heteroatoms. The van der Waals surface area contributed by atoms with E-state index in [2.05, 4.69) is 10.6 Å². The summed E-state index contributed by atoms with van der Waals surface area (Å²) in [6.07, 6.45) is 2.23. The van der Waals surface area contributed by atoms with Crippen molar-refractivity contribution < 1.29 is 24.3 Å². The van der Waals surface area contributed by atoms with Crippen LogP contribution in [-0.2, 0) is 40.4 Å². The van der Waals surface area contributed by atoms with Gasteiger partial charge in [-0.15, -0.1) is 0 Å². The largest absolute Gasteiger partial charge is 0.480 e. The van der Waals surface area contributed by atoms with Crippen LogP contribution < -0.4 is 27.8 Å². The Hall–Kier alpha value is -5.07. The molecule has 0 radical (unpaired) electrons. The number of aliphatic carboxylic acids is 1. The maximum Gasteiger partial charge on any atom is 0.323 e. The molecule has 0 bridgehead atoms. The van der Waals surface area contributed by atoms with Crippen molar-refractivity contribution in [3.63, 3.8) is 0 Å². The number of carboxylic acid groups (broad SMARTS) is 1. The maximum atomic E-state index is 13.8. The van der Waals surface area contributed by atoms with Crippen molar-refractivity contribution in [2.75, 3.05) is 6.54 Å². The van der Waals surface area contributed by atoms with Gasteiger partial charge in [0.05, 0.1) is 6.42 Å². The first kappa shape index (κ1) is 29.5. The molecule has 1 atom stereocenters. The van der Waals surface area contributed by atoms with Gasteiger partial charge in [-0.25, -0.2) is 4.79 Å². The van der Waals surface area contributed by atoms with E-state index in [1.165, 1.54) is 4.90 Å². The Morgan fingerprint density at radius 3 is 2.27 bits per heavy atom. The standard InChI is InChI=1S/C27H34N8O5/c28-25(39)22(6-3-11-32-26(29)30)35(14-18-9-7-17(8-10-18)13-33-27(31)40)23(36)12-19-15-34(16-24(37)38)21-5-2-1-4-20(19)21/h1-2,4-5,7-10,15,22H,3,6,11-14,16H2,(H2,28,39)(H,37,38)(H4,29,30,32)(H3,31,33,40)/t22-/m1/s1. The number of amides is 4. The van der Waals surface area contributed by atoms with Crippen LogP contribution in [0.15, 0.2) is 54.7 Å². The van der Waals surface area contributed by atoms with E-state index >= 15 is 0 Å². The van der Waals surface area contributed by atoms with Gasteiger partial charge in [0.2, 0.25) is 11.8 Å². The second-order valence-electron chi connectivity index (χ2n) is 9.33. The molecule has 3 aromatic rings. The highest BCUT2D eigenvalue weighted by Gasteiger charge is 2.29. The second kappa shape index (κ2) is 13.6. The van der Waals surface area contributed by atoms with Gasteiger partial charge in [0, 0.05) is 36.7 Å². The van der Waals surface area contributed by atoms with Crippen molar-refractivity contribution in [1.82, 2.24) is 20.1 Å². The molecular formula is C27H34N8O5. The zero-order valence-electron chi connectivity index (χ0n) is 21.9. The summed E-state index contributed by atoms with van der Waals surface area (Å²) in [5, 5.41) is 22.6. The summed E-state index contributed by atoms with van der Waals surface area (Å²) in [5.41, 5.74) is 19.1. The average molecular weight is 551 g/mol. The third-order valence-corrected chi connectivity index (χ3v) is 6.36. The smallest absolute Gasteiger partial charge is 0.323 e. The van der Waals surface area contributed by atoms with Crippen LogP contribution in [0.2, 0.25) is 0 Å². The summed E-state index contributed by atoms with van der Waals surface area (Å²) in [4.78, 5) is 50.2. The Labute approximate surface area is 230 Å². The number of hydrogen-bond donors (Lipinski definition) is 7. The fraction of sp³-hybridized carbons (Fsp3) is 0.296. The number of benzene rings is 2. The topological polar surface area (TPSA) is 223 Å². The summed E-state index contributed by atoms with van der Waals surface area (Å²) in [7, 11) is 0. The monoisotopic (exact) mass is 550 g/mol. The molecule has 0 fully saturated rings. The quantitative estimate of drug-likeness (QED) is 0.0858. The number of carbonyl (C=O) groups is 4. The molecule has 0 unspecified atom stereocenters. The summed E-state index contributed by atoms with van der Waals surface area (Å²) in [6, 6.07) is 12.7. The summed E-state index contributed by atoms with van der Waals surface area (Å²) in [6.45, 7) is 0.392. The van der Waals surface area contributed by atoms with E-state index < -0.39 is 23.9 Å². The lowest BCUT2D eigenvalue weighted by molar-refractivity contribution is -0.139. The van der Waals surface area contributed by atoms with Gasteiger partial charge < -0.3 is 42.4 Å². The first-order valence-electron chi connectivity index (χ1n) is 12.6. The number of carboxylic acids is 1. The van der Waals surface area contributed by atoms with E-state index in [4.69, 9.17) is 22.6 Å². The lowest BCUT2D eigenvalue weighted by atomic mass is 10.0. The minimum atomic E-state index is -1.01. The zero-order valence-corrected chi connectivity index (χ0v) is 21.9. The molecule has 0 saturated heterocycles. The van der Waals surface area contributed by atoms with Crippen molar-refractivity contribution >= 4 is 40.7 Å². The number of urea groups is 1. The molecule has 13 nitrogen and oxygen atoms in total. The predicted octanol–water partition coefficient (Wildman–Crippen LogP) is 0.583. The number of fused-ring (bicyclic) bond motifs is 1. The molecule has 1 heterocycles. The van der Waals surface area contributed by atoms with Crippen LogP contribution in [0, 0.1) is 5.41 Å². The molecule has 3 rings (SSSR count). The van der Waals surface area contributed by atoms with E-state index in [1.54, 1.807) is 47.2 Å². The molecule has 0 aliphatic heterocycles. The van der Waals surface area contributed by atoms with Crippen LogP contribution in [0.3, 0.4) is 0 Å². The average Bonchev–Trinajstić information content (AvgIpc) is 3.23. The van der Waals surface area contributed by atoms with Crippen molar-refractivity contribution in [2.24, 2.45) is 17.2 Å². The van der Waals surface area contributed by atoms with Gasteiger partial charge >= 0.3 is 12.0 Å². The number of para-hydroxylation sites is 1. The predicted molar refractivity (Wildman–Crippen MR) is 149 cm³/mol. The van der Waals surface area contributed by atoms with Crippen LogP contribution >= 0.6 is 0 Å². The highest BCUT2D eigenvalue weighted by molar-refractivity contribution is 5.92. The molecule has 40 heavy (non-hydrogen) atoms. The fourth-order valence-corrected chi connectivity index (χ4v) is 4.50. The second-order valence-corrected chi connectivity index (χ2v) is 9.33. The van der Waals surface area contributed by atoms with Gasteiger partial charge in [0.1, 0.15) is 12.6 Å². The minimum Gasteiger partial charge on any atom is -0.480 e. The van der Waals surface area contributed by atoms with Crippen molar-refractivity contribution in [2.45, 2.75) is 44.9 Å². The molecule has 0 saturated carbocycles. The van der Waals surface area contributed by atoms with E-state index in [0.717, 1.165) is 16.5 Å². The van der Waals surface area contributed by atoms with Crippen molar-refractivity contribution in [3.8, 4) is 0 Å². The highest BCUT2D eigenvalue weighted by Crippen LogP contribution is 2.24. The zero-order chi connectivity index (χ0) is 29.2. The number of primary amides is 2. The number of nitrogens with one attached hydrogen (secondary N) is 3. The lowest BCUT2D eigenvalue weighted by Crippen LogP contribution is -2.48. The van der Waals surface area contributed by atoms with Crippen LogP contribution in [0.5, 0.6) is 0 Å². The van der Waals surface area contributed by atoms with Gasteiger partial charge in [0.25, 0.3) is 0 Å². The van der Waals surface area contributed by atoms with E-state index in [1.807, 2.05) is 12.1 Å². The highest BCUT2D eigenvalue weighted by atomic mass is 16.4. The molecular weight excluding hydrogens is 516 g/mol. The van der Waals surface area contributed by atoms with Gasteiger partial charge in [0.15, 0.2) is 5.96 Å². The normalized spacial score (nSPS) is 11.5. The van der Waals surface area contributed by atoms with E-state index in [-0.39, 0.29) is 44.3 Å². The molecule has 1 aromatic heterocycles. The SMILES string of the molecule is N=C(N)NCCC[C@H](C(N)=O)N(Cc1ccc(CNC(N)=O)cc1)C(=O)Cc1cn(CC(=O)O)c2ccccc12. The van der Waals surface area contributed by atoms with Crippen LogP contribution in [0.4, 0.5) is 4.79 Å². The van der Waals surface area contributed by atoms with E-state index in [9.17, 15) is 24.3 Å².